The number of benzene rings is 2. The van der Waals surface area contributed by atoms with E-state index in [0.29, 0.717) is 16.7 Å². The fourth-order valence-corrected chi connectivity index (χ4v) is 3.18. The van der Waals surface area contributed by atoms with Crippen molar-refractivity contribution in [2.45, 2.75) is 12.5 Å². The highest BCUT2D eigenvalue weighted by molar-refractivity contribution is 9.10. The van der Waals surface area contributed by atoms with Gasteiger partial charge in [-0.3, -0.25) is 4.79 Å². The Balaban J connectivity index is 0.00000300. The first-order valence-corrected chi connectivity index (χ1v) is 9.59. The Labute approximate surface area is 185 Å². The average Bonchev–Trinajstić information content (AvgIpc) is 2.73. The predicted octanol–water partition coefficient (Wildman–Crippen LogP) is 4.96. The van der Waals surface area contributed by atoms with Crippen LogP contribution in [0.25, 0.3) is 6.08 Å². The van der Waals surface area contributed by atoms with Gasteiger partial charge in [-0.2, -0.15) is 18.8 Å². The maximum absolute atomic E-state index is 12.8. The van der Waals surface area contributed by atoms with Crippen LogP contribution in [0.4, 0.5) is 0 Å². The summed E-state index contributed by atoms with van der Waals surface area (Å²) in [6.07, 6.45) is 2.12. The summed E-state index contributed by atoms with van der Waals surface area (Å²) in [7, 11) is 0. The van der Waals surface area contributed by atoms with Gasteiger partial charge in [-0.25, -0.2) is 4.98 Å². The van der Waals surface area contributed by atoms with Crippen molar-refractivity contribution in [1.29, 1.82) is 5.26 Å². The van der Waals surface area contributed by atoms with Gasteiger partial charge in [0.2, 0.25) is 0 Å². The third kappa shape index (κ3) is 6.60. The molecule has 2 aromatic carbocycles. The van der Waals surface area contributed by atoms with Crippen LogP contribution in [-0.4, -0.2) is 10.9 Å². The van der Waals surface area contributed by atoms with Gasteiger partial charge in [-0.1, -0.05) is 66.7 Å². The van der Waals surface area contributed by atoms with Gasteiger partial charge >= 0.3 is 0 Å². The molecule has 0 aliphatic rings. The van der Waals surface area contributed by atoms with Gasteiger partial charge in [0.15, 0.2) is 0 Å². The molecular formula is C23H20BrN3OS. The van der Waals surface area contributed by atoms with Crippen molar-refractivity contribution in [3.05, 3.63) is 106 Å². The molecule has 0 radical (unpaired) electrons. The highest BCUT2D eigenvalue weighted by Crippen LogP contribution is 2.19. The lowest BCUT2D eigenvalue weighted by Crippen LogP contribution is -2.30. The van der Waals surface area contributed by atoms with Crippen molar-refractivity contribution in [3.63, 3.8) is 0 Å². The average molecular weight is 466 g/mol. The van der Waals surface area contributed by atoms with E-state index < -0.39 is 5.91 Å². The molecule has 4 nitrogen and oxygen atoms in total. The molecular weight excluding hydrogens is 446 g/mol. The monoisotopic (exact) mass is 465 g/mol. The minimum Gasteiger partial charge on any atom is -0.344 e. The van der Waals surface area contributed by atoms with Crippen molar-refractivity contribution in [1.82, 2.24) is 10.3 Å². The minimum absolute atomic E-state index is 0. The zero-order valence-corrected chi connectivity index (χ0v) is 18.1. The van der Waals surface area contributed by atoms with Gasteiger partial charge in [0.1, 0.15) is 16.2 Å². The van der Waals surface area contributed by atoms with Crippen molar-refractivity contribution >= 4 is 41.4 Å². The lowest BCUT2D eigenvalue weighted by Gasteiger charge is -2.19. The molecule has 29 heavy (non-hydrogen) atoms. The van der Waals surface area contributed by atoms with E-state index in [0.717, 1.165) is 11.1 Å². The molecule has 1 aromatic heterocycles. The number of rotatable bonds is 6. The van der Waals surface area contributed by atoms with E-state index in [4.69, 9.17) is 0 Å². The van der Waals surface area contributed by atoms with Crippen molar-refractivity contribution < 1.29 is 4.79 Å². The Kier molecular flexibility index (Phi) is 8.66. The van der Waals surface area contributed by atoms with Gasteiger partial charge in [0.05, 0.1) is 11.7 Å². The maximum atomic E-state index is 12.8. The van der Waals surface area contributed by atoms with E-state index in [-0.39, 0.29) is 25.1 Å². The number of carbonyl (C=O) groups is 1. The topological polar surface area (TPSA) is 65.8 Å². The summed E-state index contributed by atoms with van der Waals surface area (Å²) < 4.78 is 0.644. The fourth-order valence-electron chi connectivity index (χ4n) is 2.82. The lowest BCUT2D eigenvalue weighted by atomic mass is 9.98. The van der Waals surface area contributed by atoms with Crippen LogP contribution >= 0.6 is 29.4 Å². The van der Waals surface area contributed by atoms with Crippen LogP contribution in [0.15, 0.2) is 89.0 Å². The first-order valence-electron chi connectivity index (χ1n) is 8.80. The second-order valence-corrected chi connectivity index (χ2v) is 6.99. The Bertz CT molecular complexity index is 1020. The van der Waals surface area contributed by atoms with Crippen LogP contribution in [0.5, 0.6) is 0 Å². The van der Waals surface area contributed by atoms with Crippen molar-refractivity contribution in [3.8, 4) is 6.07 Å². The van der Waals surface area contributed by atoms with Crippen LogP contribution < -0.4 is 5.32 Å². The van der Waals surface area contributed by atoms with E-state index in [1.165, 1.54) is 6.08 Å². The summed E-state index contributed by atoms with van der Waals surface area (Å²) in [5, 5.41) is 12.5. The molecule has 0 fully saturated rings. The molecule has 0 unspecified atom stereocenters. The summed E-state index contributed by atoms with van der Waals surface area (Å²) in [4.78, 5) is 17.1. The van der Waals surface area contributed by atoms with E-state index in [9.17, 15) is 10.1 Å². The van der Waals surface area contributed by atoms with Crippen molar-refractivity contribution in [2.24, 2.45) is 0 Å². The largest absolute Gasteiger partial charge is 0.344 e. The second kappa shape index (κ2) is 11.2. The quantitative estimate of drug-likeness (QED) is 0.317. The molecule has 1 amide bonds. The number of hydrogen-bond acceptors (Lipinski definition) is 3. The SMILES string of the molecule is N#C/C(=C\c1cccc(Br)n1)C(=O)N[C@@H](Cc1ccccc1)c1ccccc1.S. The van der Waals surface area contributed by atoms with E-state index in [1.54, 1.807) is 18.2 Å². The number of halogens is 1. The normalized spacial score (nSPS) is 11.7. The summed E-state index contributed by atoms with van der Waals surface area (Å²) in [5.74, 6) is -0.422. The number of amides is 1. The number of nitrogens with one attached hydrogen (secondary N) is 1. The summed E-state index contributed by atoms with van der Waals surface area (Å²) in [6, 6.07) is 26.8. The molecule has 0 saturated carbocycles. The van der Waals surface area contributed by atoms with Gasteiger partial charge in [0.25, 0.3) is 5.91 Å². The van der Waals surface area contributed by atoms with Gasteiger partial charge < -0.3 is 5.32 Å². The Morgan fingerprint density at radius 1 is 1.03 bits per heavy atom. The number of pyridine rings is 1. The van der Waals surface area contributed by atoms with E-state index in [2.05, 4.69) is 26.2 Å². The van der Waals surface area contributed by atoms with Crippen LogP contribution in [0.1, 0.15) is 22.9 Å². The first kappa shape index (κ1) is 22.4. The number of nitriles is 1. The molecule has 6 heteroatoms. The number of nitrogens with zero attached hydrogens (tertiary/aromatic N) is 2. The van der Waals surface area contributed by atoms with Crippen LogP contribution in [0.2, 0.25) is 0 Å². The Morgan fingerprint density at radius 2 is 1.69 bits per heavy atom. The minimum atomic E-state index is -0.422. The molecule has 3 aromatic rings. The highest BCUT2D eigenvalue weighted by Gasteiger charge is 2.18. The second-order valence-electron chi connectivity index (χ2n) is 6.18. The predicted molar refractivity (Wildman–Crippen MR) is 123 cm³/mol. The molecule has 0 aliphatic carbocycles. The van der Waals surface area contributed by atoms with Crippen LogP contribution in [0, 0.1) is 11.3 Å². The molecule has 1 atom stereocenters. The molecule has 146 valence electrons. The third-order valence-electron chi connectivity index (χ3n) is 4.18. The standard InChI is InChI=1S/C23H18BrN3O.H2S/c24-22-13-7-12-20(26-22)15-19(16-25)23(28)27-21(18-10-5-2-6-11-18)14-17-8-3-1-4-9-17;/h1-13,15,21H,14H2,(H,27,28);1H2/b19-15+;/t21-;/m0./s1. The first-order chi connectivity index (χ1) is 13.7. The number of aromatic nitrogens is 1. The molecule has 0 spiro atoms. The van der Waals surface area contributed by atoms with E-state index in [1.807, 2.05) is 66.7 Å². The highest BCUT2D eigenvalue weighted by atomic mass is 79.9. The molecule has 0 bridgehead atoms. The summed E-state index contributed by atoms with van der Waals surface area (Å²) >= 11 is 3.30. The summed E-state index contributed by atoms with van der Waals surface area (Å²) in [5.41, 5.74) is 2.64. The Hall–Kier alpha value is -2.88. The molecule has 1 heterocycles. The van der Waals surface area contributed by atoms with Crippen molar-refractivity contribution in [2.75, 3.05) is 0 Å². The summed E-state index contributed by atoms with van der Waals surface area (Å²) in [6.45, 7) is 0. The lowest BCUT2D eigenvalue weighted by molar-refractivity contribution is -0.117. The molecule has 1 N–H and O–H groups in total. The molecule has 0 aliphatic heterocycles. The number of hydrogen-bond donors (Lipinski definition) is 1. The van der Waals surface area contributed by atoms with E-state index >= 15 is 0 Å². The van der Waals surface area contributed by atoms with Crippen LogP contribution in [0.3, 0.4) is 0 Å². The van der Waals surface area contributed by atoms with Gasteiger partial charge in [-0.05, 0) is 51.7 Å². The maximum Gasteiger partial charge on any atom is 0.262 e. The smallest absolute Gasteiger partial charge is 0.262 e. The molecule has 3 rings (SSSR count). The number of carbonyl (C=O) groups excluding carboxylic acids is 1. The zero-order chi connectivity index (χ0) is 19.8. The fraction of sp³-hybridized carbons (Fsp3) is 0.0870. The third-order valence-corrected chi connectivity index (χ3v) is 4.63. The zero-order valence-electron chi connectivity index (χ0n) is 15.5. The van der Waals surface area contributed by atoms with Gasteiger partial charge in [0, 0.05) is 0 Å². The molecule has 0 saturated heterocycles. The van der Waals surface area contributed by atoms with Gasteiger partial charge in [-0.15, -0.1) is 0 Å². The Morgan fingerprint density at radius 3 is 2.31 bits per heavy atom. The van der Waals surface area contributed by atoms with Crippen LogP contribution in [-0.2, 0) is 11.2 Å².